The Kier molecular flexibility index (Phi) is 8.83. The molecule has 1 unspecified atom stereocenters. The van der Waals surface area contributed by atoms with Crippen molar-refractivity contribution in [3.05, 3.63) is 66.7 Å². The van der Waals surface area contributed by atoms with E-state index in [0.717, 1.165) is 17.4 Å². The minimum atomic E-state index is -2.54. The quantitative estimate of drug-likeness (QED) is 0.221. The topological polar surface area (TPSA) is 132 Å². The second-order valence-corrected chi connectivity index (χ2v) is 10.9. The predicted octanol–water partition coefficient (Wildman–Crippen LogP) is 3.85. The Labute approximate surface area is 246 Å². The summed E-state index contributed by atoms with van der Waals surface area (Å²) in [6.45, 7) is 1.92. The molecule has 1 saturated heterocycles. The number of nitrogens with one attached hydrogen (secondary N) is 2. The number of likely N-dealkylation sites (N-methyl/N-ethyl adjacent to an activating group) is 1. The molecule has 1 aromatic heterocycles. The van der Waals surface area contributed by atoms with E-state index in [1.807, 2.05) is 26.2 Å². The SMILES string of the molecule is COc1cc(Nc2nc3ccccc3nc2N(c2cccc(NC(=O)CN3CC(N(C)C)C3)c2)S(=O)O)cc(OC)c1. The molecule has 1 aliphatic heterocycles. The summed E-state index contributed by atoms with van der Waals surface area (Å²) in [5.41, 5.74) is 2.52. The van der Waals surface area contributed by atoms with Crippen molar-refractivity contribution in [2.45, 2.75) is 6.04 Å². The van der Waals surface area contributed by atoms with Gasteiger partial charge >= 0.3 is 0 Å². The van der Waals surface area contributed by atoms with Gasteiger partial charge in [0.2, 0.25) is 5.91 Å². The van der Waals surface area contributed by atoms with Crippen LogP contribution in [0.1, 0.15) is 0 Å². The van der Waals surface area contributed by atoms with Crippen LogP contribution in [0.2, 0.25) is 0 Å². The van der Waals surface area contributed by atoms with Crippen LogP contribution >= 0.6 is 0 Å². The summed E-state index contributed by atoms with van der Waals surface area (Å²) in [6.07, 6.45) is 0. The Balaban J connectivity index is 1.47. The van der Waals surface area contributed by atoms with Gasteiger partial charge in [-0.1, -0.05) is 18.2 Å². The predicted molar refractivity (Wildman–Crippen MR) is 164 cm³/mol. The first-order valence-electron chi connectivity index (χ1n) is 13.2. The van der Waals surface area contributed by atoms with Crippen molar-refractivity contribution in [1.82, 2.24) is 19.8 Å². The summed E-state index contributed by atoms with van der Waals surface area (Å²) in [7, 11) is 7.15. The first-order valence-corrected chi connectivity index (χ1v) is 14.3. The van der Waals surface area contributed by atoms with Gasteiger partial charge in [-0.05, 0) is 44.4 Å². The highest BCUT2D eigenvalue weighted by Gasteiger charge is 2.29. The zero-order chi connectivity index (χ0) is 29.8. The van der Waals surface area contributed by atoms with Crippen LogP contribution in [-0.4, -0.2) is 88.4 Å². The molecular weight excluding hydrogens is 558 g/mol. The molecule has 0 radical (unpaired) electrons. The Morgan fingerprint density at radius 3 is 2.26 bits per heavy atom. The number of anilines is 5. The van der Waals surface area contributed by atoms with Crippen LogP contribution in [0.15, 0.2) is 66.7 Å². The van der Waals surface area contributed by atoms with E-state index < -0.39 is 11.3 Å². The number of nitrogens with zero attached hydrogens (tertiary/aromatic N) is 5. The molecule has 1 aliphatic rings. The lowest BCUT2D eigenvalue weighted by Crippen LogP contribution is -2.58. The van der Waals surface area contributed by atoms with Crippen molar-refractivity contribution < 1.29 is 23.0 Å². The van der Waals surface area contributed by atoms with Crippen molar-refractivity contribution >= 4 is 56.9 Å². The van der Waals surface area contributed by atoms with E-state index in [4.69, 9.17) is 19.4 Å². The van der Waals surface area contributed by atoms with Crippen LogP contribution in [-0.2, 0) is 16.1 Å². The Hall–Kier alpha value is -4.30. The Morgan fingerprint density at radius 2 is 1.64 bits per heavy atom. The first-order chi connectivity index (χ1) is 20.2. The van der Waals surface area contributed by atoms with E-state index in [1.54, 1.807) is 68.8 Å². The minimum Gasteiger partial charge on any atom is -0.497 e. The summed E-state index contributed by atoms with van der Waals surface area (Å²) in [5.74, 6) is 1.27. The van der Waals surface area contributed by atoms with Crippen molar-refractivity contribution in [3.8, 4) is 11.5 Å². The molecule has 1 atom stereocenters. The van der Waals surface area contributed by atoms with Gasteiger partial charge in [0.1, 0.15) is 11.5 Å². The summed E-state index contributed by atoms with van der Waals surface area (Å²) < 4.78 is 35.3. The highest BCUT2D eigenvalue weighted by atomic mass is 32.2. The van der Waals surface area contributed by atoms with Gasteiger partial charge in [0, 0.05) is 48.7 Å². The number of likely N-dealkylation sites (tertiary alicyclic amines) is 1. The van der Waals surface area contributed by atoms with Gasteiger partial charge in [0.25, 0.3) is 11.3 Å². The highest BCUT2D eigenvalue weighted by molar-refractivity contribution is 7.81. The molecule has 0 saturated carbocycles. The van der Waals surface area contributed by atoms with Crippen LogP contribution in [0, 0.1) is 0 Å². The third-order valence-corrected chi connectivity index (χ3v) is 7.61. The maximum atomic E-state index is 12.9. The number of amides is 1. The molecule has 12 nitrogen and oxygen atoms in total. The van der Waals surface area contributed by atoms with Gasteiger partial charge in [-0.2, -0.15) is 0 Å². The number of fused-ring (bicyclic) bond motifs is 1. The number of aromatic nitrogens is 2. The van der Waals surface area contributed by atoms with E-state index in [2.05, 4.69) is 20.4 Å². The number of hydrogen-bond donors (Lipinski definition) is 3. The summed E-state index contributed by atoms with van der Waals surface area (Å²) in [5, 5.41) is 6.11. The smallest absolute Gasteiger partial charge is 0.268 e. The average Bonchev–Trinajstić information content (AvgIpc) is 2.94. The lowest BCUT2D eigenvalue weighted by molar-refractivity contribution is -0.119. The van der Waals surface area contributed by atoms with E-state index >= 15 is 0 Å². The third-order valence-electron chi connectivity index (χ3n) is 6.91. The molecule has 0 bridgehead atoms. The summed E-state index contributed by atoms with van der Waals surface area (Å²) in [6, 6.07) is 19.6. The molecule has 13 heteroatoms. The van der Waals surface area contributed by atoms with Gasteiger partial charge < -0.3 is 25.0 Å². The molecule has 2 heterocycles. The van der Waals surface area contributed by atoms with Gasteiger partial charge in [0.15, 0.2) is 11.6 Å². The van der Waals surface area contributed by atoms with Gasteiger partial charge in [0.05, 0.1) is 37.5 Å². The van der Waals surface area contributed by atoms with Gasteiger partial charge in [-0.3, -0.25) is 14.2 Å². The molecule has 220 valence electrons. The van der Waals surface area contributed by atoms with Crippen LogP contribution in [0.5, 0.6) is 11.5 Å². The second kappa shape index (κ2) is 12.7. The Bertz CT molecular complexity index is 1590. The molecule has 1 fully saturated rings. The molecule has 3 N–H and O–H groups in total. The molecule has 4 aromatic rings. The van der Waals surface area contributed by atoms with E-state index in [9.17, 15) is 13.6 Å². The number of hydrogen-bond acceptors (Lipinski definition) is 9. The number of carbonyl (C=O) groups is 1. The highest BCUT2D eigenvalue weighted by Crippen LogP contribution is 2.36. The van der Waals surface area contributed by atoms with Crippen molar-refractivity contribution in [3.63, 3.8) is 0 Å². The second-order valence-electron chi connectivity index (χ2n) is 10.0. The van der Waals surface area contributed by atoms with Crippen LogP contribution in [0.3, 0.4) is 0 Å². The lowest BCUT2D eigenvalue weighted by Gasteiger charge is -2.42. The molecule has 3 aromatic carbocycles. The fraction of sp³-hybridized carbons (Fsp3) is 0.276. The lowest BCUT2D eigenvalue weighted by atomic mass is 10.1. The van der Waals surface area contributed by atoms with Gasteiger partial charge in [-0.25, -0.2) is 18.5 Å². The zero-order valence-electron chi connectivity index (χ0n) is 23.8. The van der Waals surface area contributed by atoms with E-state index in [0.29, 0.717) is 45.6 Å². The molecule has 0 spiro atoms. The first kappa shape index (κ1) is 29.2. The van der Waals surface area contributed by atoms with Crippen molar-refractivity contribution in [2.24, 2.45) is 0 Å². The van der Waals surface area contributed by atoms with Crippen LogP contribution in [0.4, 0.5) is 28.7 Å². The molecular formula is C29H33N7O5S. The van der Waals surface area contributed by atoms with Crippen molar-refractivity contribution in [1.29, 1.82) is 0 Å². The number of rotatable bonds is 11. The van der Waals surface area contributed by atoms with Crippen molar-refractivity contribution in [2.75, 3.05) is 62.9 Å². The zero-order valence-corrected chi connectivity index (χ0v) is 24.6. The maximum Gasteiger partial charge on any atom is 0.268 e. The van der Waals surface area contributed by atoms with E-state index in [-0.39, 0.29) is 24.1 Å². The number of ether oxygens (including phenoxy) is 2. The summed E-state index contributed by atoms with van der Waals surface area (Å²) in [4.78, 5) is 26.4. The van der Waals surface area contributed by atoms with Crippen LogP contribution in [0.25, 0.3) is 11.0 Å². The molecule has 42 heavy (non-hydrogen) atoms. The normalized spacial score (nSPS) is 14.3. The fourth-order valence-electron chi connectivity index (χ4n) is 4.63. The average molecular weight is 592 g/mol. The van der Waals surface area contributed by atoms with Gasteiger partial charge in [-0.15, -0.1) is 0 Å². The number of methoxy groups -OCH3 is 2. The molecule has 0 aliphatic carbocycles. The minimum absolute atomic E-state index is 0.107. The Morgan fingerprint density at radius 1 is 0.976 bits per heavy atom. The van der Waals surface area contributed by atoms with E-state index in [1.165, 1.54) is 0 Å². The largest absolute Gasteiger partial charge is 0.497 e. The maximum absolute atomic E-state index is 12.9. The number of benzene rings is 3. The number of carbonyl (C=O) groups excluding carboxylic acids is 1. The molecule has 1 amide bonds. The van der Waals surface area contributed by atoms with Crippen LogP contribution < -0.4 is 24.4 Å². The monoisotopic (exact) mass is 591 g/mol. The number of para-hydroxylation sites is 2. The summed E-state index contributed by atoms with van der Waals surface area (Å²) >= 11 is -2.54. The standard InChI is InChI=1S/C29H33N7O5S/c1-34(2)22-16-35(17-22)18-27(37)30-19-8-7-9-21(12-19)36(42(38)39)29-28(32-25-10-5-6-11-26(25)33-29)31-20-13-23(40-3)15-24(14-20)41-4/h5-15,22H,16-18H2,1-4H3,(H,30,37)(H,31,32)(H,38,39). The molecule has 5 rings (SSSR count). The fourth-order valence-corrected chi connectivity index (χ4v) is 5.20. The third kappa shape index (κ3) is 6.60.